The fourth-order valence-corrected chi connectivity index (χ4v) is 1.65. The molecule has 96 valence electrons. The number of ether oxygens (including phenoxy) is 1. The molecule has 0 aliphatic rings. The molecule has 0 aliphatic heterocycles. The molecule has 0 saturated carbocycles. The van der Waals surface area contributed by atoms with Gasteiger partial charge in [-0.15, -0.1) is 0 Å². The molecule has 0 amide bonds. The van der Waals surface area contributed by atoms with Crippen LogP contribution in [0, 0.1) is 17.8 Å². The molecule has 16 heavy (non-hydrogen) atoms. The minimum absolute atomic E-state index is 0.0365. The molecular weight excluding hydrogens is 202 g/mol. The first-order valence-electron chi connectivity index (χ1n) is 6.21. The average Bonchev–Trinajstić information content (AvgIpc) is 2.17. The van der Waals surface area contributed by atoms with Crippen molar-refractivity contribution in [2.24, 2.45) is 17.8 Å². The van der Waals surface area contributed by atoms with Gasteiger partial charge in [0.15, 0.2) is 0 Å². The number of esters is 1. The Hall–Kier alpha value is -0.570. The lowest BCUT2D eigenvalue weighted by molar-refractivity contribution is -0.151. The summed E-state index contributed by atoms with van der Waals surface area (Å²) in [5.74, 6) is 0.913. The Morgan fingerprint density at radius 2 is 1.81 bits per heavy atom. The van der Waals surface area contributed by atoms with Crippen LogP contribution in [0.1, 0.15) is 34.1 Å². The summed E-state index contributed by atoms with van der Waals surface area (Å²) in [7, 11) is 3.95. The standard InChI is InChI=1S/C13H27NO2/c1-7-12(11(4)10(2)3)13(15)16-9-8-14(5)6/h10-12H,7-9H2,1-6H3. The van der Waals surface area contributed by atoms with Crippen LogP contribution >= 0.6 is 0 Å². The van der Waals surface area contributed by atoms with Crippen molar-refractivity contribution in [3.05, 3.63) is 0 Å². The maximum atomic E-state index is 11.9. The van der Waals surface area contributed by atoms with Crippen molar-refractivity contribution in [3.8, 4) is 0 Å². The van der Waals surface area contributed by atoms with Crippen LogP contribution < -0.4 is 0 Å². The van der Waals surface area contributed by atoms with Crippen molar-refractivity contribution in [2.75, 3.05) is 27.2 Å². The normalized spacial score (nSPS) is 15.2. The number of likely N-dealkylation sites (N-methyl/N-ethyl adjacent to an activating group) is 1. The minimum atomic E-state index is -0.0365. The monoisotopic (exact) mass is 229 g/mol. The summed E-state index contributed by atoms with van der Waals surface area (Å²) in [6.07, 6.45) is 0.861. The zero-order chi connectivity index (χ0) is 12.7. The highest BCUT2D eigenvalue weighted by Crippen LogP contribution is 2.24. The summed E-state index contributed by atoms with van der Waals surface area (Å²) in [6, 6.07) is 0. The van der Waals surface area contributed by atoms with Gasteiger partial charge in [-0.25, -0.2) is 0 Å². The number of hydrogen-bond donors (Lipinski definition) is 0. The molecule has 0 rings (SSSR count). The Morgan fingerprint density at radius 1 is 1.25 bits per heavy atom. The summed E-state index contributed by atoms with van der Waals surface area (Å²) in [5, 5.41) is 0. The van der Waals surface area contributed by atoms with Gasteiger partial charge in [-0.3, -0.25) is 4.79 Å². The van der Waals surface area contributed by atoms with Gasteiger partial charge in [0.1, 0.15) is 6.61 Å². The van der Waals surface area contributed by atoms with Crippen molar-refractivity contribution in [3.63, 3.8) is 0 Å². The highest BCUT2D eigenvalue weighted by Gasteiger charge is 2.26. The number of nitrogens with zero attached hydrogens (tertiary/aromatic N) is 1. The van der Waals surface area contributed by atoms with E-state index < -0.39 is 0 Å². The first-order valence-corrected chi connectivity index (χ1v) is 6.21. The largest absolute Gasteiger partial charge is 0.464 e. The lowest BCUT2D eigenvalue weighted by Crippen LogP contribution is -2.29. The number of carbonyl (C=O) groups is 1. The smallest absolute Gasteiger partial charge is 0.309 e. The van der Waals surface area contributed by atoms with E-state index in [9.17, 15) is 4.79 Å². The third-order valence-electron chi connectivity index (χ3n) is 3.21. The topological polar surface area (TPSA) is 29.5 Å². The van der Waals surface area contributed by atoms with Crippen LogP contribution in [0.4, 0.5) is 0 Å². The Labute approximate surface area is 100 Å². The van der Waals surface area contributed by atoms with E-state index in [1.807, 2.05) is 19.0 Å². The van der Waals surface area contributed by atoms with Crippen molar-refractivity contribution in [1.82, 2.24) is 4.90 Å². The van der Waals surface area contributed by atoms with E-state index in [1.165, 1.54) is 0 Å². The molecule has 0 spiro atoms. The van der Waals surface area contributed by atoms with E-state index in [4.69, 9.17) is 4.74 Å². The van der Waals surface area contributed by atoms with Crippen LogP contribution in [0.25, 0.3) is 0 Å². The third kappa shape index (κ3) is 5.50. The summed E-state index contributed by atoms with van der Waals surface area (Å²) < 4.78 is 5.30. The van der Waals surface area contributed by atoms with Gasteiger partial charge in [0.2, 0.25) is 0 Å². The van der Waals surface area contributed by atoms with E-state index in [1.54, 1.807) is 0 Å². The van der Waals surface area contributed by atoms with Crippen LogP contribution in [0.2, 0.25) is 0 Å². The molecule has 0 radical (unpaired) electrons. The third-order valence-corrected chi connectivity index (χ3v) is 3.21. The zero-order valence-electron chi connectivity index (χ0n) is 11.6. The van der Waals surface area contributed by atoms with Gasteiger partial charge >= 0.3 is 5.97 Å². The van der Waals surface area contributed by atoms with Crippen LogP contribution in [-0.4, -0.2) is 38.1 Å². The predicted molar refractivity (Wildman–Crippen MR) is 67.3 cm³/mol. The molecule has 0 N–H and O–H groups in total. The summed E-state index contributed by atoms with van der Waals surface area (Å²) >= 11 is 0. The second kappa shape index (κ2) is 7.66. The van der Waals surface area contributed by atoms with E-state index in [0.717, 1.165) is 13.0 Å². The molecule has 2 unspecified atom stereocenters. The van der Waals surface area contributed by atoms with E-state index >= 15 is 0 Å². The Kier molecular flexibility index (Phi) is 7.39. The number of carbonyl (C=O) groups excluding carboxylic acids is 1. The molecule has 0 bridgehead atoms. The number of rotatable bonds is 7. The molecule has 0 aliphatic carbocycles. The number of hydrogen-bond acceptors (Lipinski definition) is 3. The summed E-state index contributed by atoms with van der Waals surface area (Å²) in [4.78, 5) is 13.9. The van der Waals surface area contributed by atoms with Crippen LogP contribution in [-0.2, 0) is 9.53 Å². The quantitative estimate of drug-likeness (QED) is 0.628. The highest BCUT2D eigenvalue weighted by atomic mass is 16.5. The lowest BCUT2D eigenvalue weighted by Gasteiger charge is -2.24. The van der Waals surface area contributed by atoms with Crippen LogP contribution in [0.15, 0.2) is 0 Å². The molecule has 0 aromatic carbocycles. The molecule has 0 aromatic rings. The van der Waals surface area contributed by atoms with Crippen molar-refractivity contribution in [1.29, 1.82) is 0 Å². The summed E-state index contributed by atoms with van der Waals surface area (Å²) in [5.41, 5.74) is 0. The van der Waals surface area contributed by atoms with Crippen molar-refractivity contribution in [2.45, 2.75) is 34.1 Å². The first kappa shape index (κ1) is 15.4. The molecule has 0 saturated heterocycles. The molecule has 0 aromatic heterocycles. The average molecular weight is 229 g/mol. The molecule has 3 heteroatoms. The van der Waals surface area contributed by atoms with Gasteiger partial charge in [0.25, 0.3) is 0 Å². The molecule has 3 nitrogen and oxygen atoms in total. The summed E-state index contributed by atoms with van der Waals surface area (Å²) in [6.45, 7) is 9.77. The van der Waals surface area contributed by atoms with Crippen molar-refractivity contribution >= 4 is 5.97 Å². The van der Waals surface area contributed by atoms with Crippen LogP contribution in [0.5, 0.6) is 0 Å². The second-order valence-electron chi connectivity index (χ2n) is 5.09. The predicted octanol–water partition coefficient (Wildman–Crippen LogP) is 2.41. The Bertz CT molecular complexity index is 202. The fraction of sp³-hybridized carbons (Fsp3) is 0.923. The minimum Gasteiger partial charge on any atom is -0.464 e. The fourth-order valence-electron chi connectivity index (χ4n) is 1.65. The van der Waals surface area contributed by atoms with Crippen molar-refractivity contribution < 1.29 is 9.53 Å². The molecule has 0 heterocycles. The first-order chi connectivity index (χ1) is 7.40. The Morgan fingerprint density at radius 3 is 2.19 bits per heavy atom. The van der Waals surface area contributed by atoms with E-state index in [0.29, 0.717) is 18.4 Å². The van der Waals surface area contributed by atoms with Crippen LogP contribution in [0.3, 0.4) is 0 Å². The zero-order valence-corrected chi connectivity index (χ0v) is 11.6. The Balaban J connectivity index is 4.11. The molecule has 2 atom stereocenters. The highest BCUT2D eigenvalue weighted by molar-refractivity contribution is 5.72. The van der Waals surface area contributed by atoms with Gasteiger partial charge in [0.05, 0.1) is 5.92 Å². The van der Waals surface area contributed by atoms with E-state index in [-0.39, 0.29) is 11.9 Å². The van der Waals surface area contributed by atoms with E-state index in [2.05, 4.69) is 27.7 Å². The van der Waals surface area contributed by atoms with Gasteiger partial charge in [-0.2, -0.15) is 0 Å². The maximum Gasteiger partial charge on any atom is 0.309 e. The van der Waals surface area contributed by atoms with Gasteiger partial charge < -0.3 is 9.64 Å². The second-order valence-corrected chi connectivity index (χ2v) is 5.09. The maximum absolute atomic E-state index is 11.9. The SMILES string of the molecule is CCC(C(=O)OCCN(C)C)C(C)C(C)C. The van der Waals surface area contributed by atoms with Gasteiger partial charge in [-0.05, 0) is 32.4 Å². The van der Waals surface area contributed by atoms with Gasteiger partial charge in [-0.1, -0.05) is 27.7 Å². The molecule has 0 fully saturated rings. The lowest BCUT2D eigenvalue weighted by atomic mass is 9.83. The molecular formula is C13H27NO2. The van der Waals surface area contributed by atoms with Gasteiger partial charge in [0, 0.05) is 6.54 Å².